The monoisotopic (exact) mass is 450 g/mol. The molecule has 0 radical (unpaired) electrons. The minimum absolute atomic E-state index is 0.443. The average Bonchev–Trinajstić information content (AvgIpc) is 3.33. The summed E-state index contributed by atoms with van der Waals surface area (Å²) in [6.45, 7) is 4.45. The molecule has 166 valence electrons. The van der Waals surface area contributed by atoms with E-state index in [4.69, 9.17) is 15.3 Å². The van der Waals surface area contributed by atoms with E-state index in [1.54, 1.807) is 11.3 Å². The normalized spacial score (nSPS) is 14.6. The summed E-state index contributed by atoms with van der Waals surface area (Å²) in [4.78, 5) is 16.1. The number of hydrogen-bond donors (Lipinski definition) is 2. The van der Waals surface area contributed by atoms with E-state index in [1.165, 1.54) is 16.9 Å². The molecule has 0 bridgehead atoms. The van der Waals surface area contributed by atoms with Crippen molar-refractivity contribution < 1.29 is 4.74 Å². The van der Waals surface area contributed by atoms with Gasteiger partial charge in [-0.25, -0.2) is 15.0 Å². The lowest BCUT2D eigenvalue weighted by Crippen LogP contribution is -2.34. The predicted octanol–water partition coefficient (Wildman–Crippen LogP) is 4.84. The van der Waals surface area contributed by atoms with Gasteiger partial charge in [-0.1, -0.05) is 12.1 Å². The fourth-order valence-electron chi connectivity index (χ4n) is 3.53. The minimum Gasteiger partial charge on any atom is -0.487 e. The molecule has 4 rings (SSSR count). The molecule has 1 aromatic carbocycles. The first kappa shape index (κ1) is 21.8. The Hall–Kier alpha value is -3.40. The molecule has 1 aliphatic heterocycles. The van der Waals surface area contributed by atoms with Gasteiger partial charge < -0.3 is 15.0 Å². The first-order valence-corrected chi connectivity index (χ1v) is 11.5. The lowest BCUT2D eigenvalue weighted by atomic mass is 9.98. The van der Waals surface area contributed by atoms with Crippen LogP contribution >= 0.6 is 11.3 Å². The Kier molecular flexibility index (Phi) is 7.34. The van der Waals surface area contributed by atoms with Crippen molar-refractivity contribution in [2.24, 2.45) is 10.3 Å². The second kappa shape index (κ2) is 10.8. The maximum absolute atomic E-state index is 6.62. The summed E-state index contributed by atoms with van der Waals surface area (Å²) in [6.07, 6.45) is 8.28. The Morgan fingerprint density at radius 2 is 1.97 bits per heavy atom. The third-order valence-electron chi connectivity index (χ3n) is 5.38. The molecule has 0 atom stereocenters. The molecule has 0 unspecified atom stereocenters. The molecule has 0 saturated carbocycles. The number of ether oxygens (including phenoxy) is 1. The summed E-state index contributed by atoms with van der Waals surface area (Å²) < 4.78 is 5.88. The molecule has 0 aliphatic carbocycles. The van der Waals surface area contributed by atoms with Crippen LogP contribution in [0.2, 0.25) is 0 Å². The molecule has 1 fully saturated rings. The van der Waals surface area contributed by atoms with E-state index in [0.717, 1.165) is 55.4 Å². The van der Waals surface area contributed by atoms with Crippen molar-refractivity contribution in [2.45, 2.75) is 38.7 Å². The first-order chi connectivity index (χ1) is 15.7. The first-order valence-electron chi connectivity index (χ1n) is 10.6. The van der Waals surface area contributed by atoms with E-state index in [2.05, 4.69) is 42.8 Å². The molecule has 32 heavy (non-hydrogen) atoms. The number of hydrogen-bond acceptors (Lipinski definition) is 8. The fraction of sp³-hybridized carbons (Fsp3) is 0.364. The van der Waals surface area contributed by atoms with Crippen LogP contribution in [0, 0.1) is 5.53 Å². The van der Waals surface area contributed by atoms with Crippen LogP contribution in [-0.2, 0) is 13.0 Å². The summed E-state index contributed by atoms with van der Waals surface area (Å²) in [5, 5.41) is 12.5. The minimum atomic E-state index is 0.443. The Bertz CT molecular complexity index is 1030. The third-order valence-corrected chi connectivity index (χ3v) is 6.44. The van der Waals surface area contributed by atoms with Gasteiger partial charge in [0.1, 0.15) is 18.7 Å². The molecule has 1 saturated heterocycles. The molecule has 0 spiro atoms. The lowest BCUT2D eigenvalue weighted by Gasteiger charge is -2.31. The predicted molar refractivity (Wildman–Crippen MR) is 126 cm³/mol. The number of rotatable bonds is 9. The molecule has 2 N–H and O–H groups in total. The van der Waals surface area contributed by atoms with Crippen LogP contribution in [0.4, 0.5) is 11.6 Å². The van der Waals surface area contributed by atoms with Gasteiger partial charge in [0.15, 0.2) is 0 Å². The second-order valence-corrected chi connectivity index (χ2v) is 8.37. The third kappa shape index (κ3) is 5.64. The Morgan fingerprint density at radius 1 is 1.22 bits per heavy atom. The highest BCUT2D eigenvalue weighted by atomic mass is 32.1. The number of aryl methyl sites for hydroxylation is 1. The Balaban J connectivity index is 1.26. The summed E-state index contributed by atoms with van der Waals surface area (Å²) in [6, 6.07) is 7.52. The number of thiazole rings is 1. The van der Waals surface area contributed by atoms with Crippen molar-refractivity contribution in [3.05, 3.63) is 58.3 Å². The molecule has 1 aliphatic rings. The number of piperidine rings is 1. The van der Waals surface area contributed by atoms with Crippen LogP contribution in [0.5, 0.6) is 5.75 Å². The molecule has 3 aromatic rings. The summed E-state index contributed by atoms with van der Waals surface area (Å²) in [5.41, 5.74) is 9.59. The number of benzene rings is 1. The van der Waals surface area contributed by atoms with Crippen molar-refractivity contribution >= 4 is 29.3 Å². The van der Waals surface area contributed by atoms with E-state index in [-0.39, 0.29) is 0 Å². The summed E-state index contributed by atoms with van der Waals surface area (Å²) >= 11 is 1.72. The Morgan fingerprint density at radius 3 is 2.66 bits per heavy atom. The maximum atomic E-state index is 6.62. The second-order valence-electron chi connectivity index (χ2n) is 7.49. The lowest BCUT2D eigenvalue weighted by molar-refractivity contribution is 0.301. The Labute approximate surface area is 191 Å². The van der Waals surface area contributed by atoms with E-state index in [9.17, 15) is 0 Å². The number of nitrogens with zero attached hydrogens (tertiary/aromatic N) is 6. The summed E-state index contributed by atoms with van der Waals surface area (Å²) in [7, 11) is 0. The SMILES string of the molecule is CCc1cnc(N2CCC(c3nc(COc4ccc(N/C=N\N=N)cc4)cs3)CC2)nc1. The molecular formula is C22H26N8OS. The van der Waals surface area contributed by atoms with Gasteiger partial charge in [-0.15, -0.1) is 16.4 Å². The molecule has 0 amide bonds. The number of nitrogens with one attached hydrogen (secondary N) is 2. The molecule has 3 heterocycles. The molecule has 9 nitrogen and oxygen atoms in total. The maximum Gasteiger partial charge on any atom is 0.225 e. The van der Waals surface area contributed by atoms with E-state index in [0.29, 0.717) is 12.5 Å². The van der Waals surface area contributed by atoms with E-state index >= 15 is 0 Å². The van der Waals surface area contributed by atoms with Crippen molar-refractivity contribution in [1.29, 1.82) is 5.53 Å². The van der Waals surface area contributed by atoms with Crippen LogP contribution in [-0.4, -0.2) is 34.4 Å². The zero-order valence-electron chi connectivity index (χ0n) is 17.9. The van der Waals surface area contributed by atoms with Crippen LogP contribution < -0.4 is 15.0 Å². The molecular weight excluding hydrogens is 424 g/mol. The van der Waals surface area contributed by atoms with Gasteiger partial charge in [-0.2, -0.15) is 5.53 Å². The number of aromatic nitrogens is 3. The van der Waals surface area contributed by atoms with Gasteiger partial charge in [-0.3, -0.25) is 0 Å². The van der Waals surface area contributed by atoms with E-state index in [1.807, 2.05) is 36.7 Å². The zero-order chi connectivity index (χ0) is 22.2. The van der Waals surface area contributed by atoms with Crippen LogP contribution in [0.15, 0.2) is 52.4 Å². The van der Waals surface area contributed by atoms with Crippen molar-refractivity contribution in [3.63, 3.8) is 0 Å². The molecule has 10 heteroatoms. The fourth-order valence-corrected chi connectivity index (χ4v) is 4.51. The number of anilines is 2. The van der Waals surface area contributed by atoms with Crippen molar-refractivity contribution in [3.8, 4) is 5.75 Å². The van der Waals surface area contributed by atoms with Crippen LogP contribution in [0.3, 0.4) is 0 Å². The van der Waals surface area contributed by atoms with Gasteiger partial charge >= 0.3 is 0 Å². The van der Waals surface area contributed by atoms with Crippen LogP contribution in [0.25, 0.3) is 0 Å². The highest BCUT2D eigenvalue weighted by Crippen LogP contribution is 2.31. The zero-order valence-corrected chi connectivity index (χ0v) is 18.8. The summed E-state index contributed by atoms with van der Waals surface area (Å²) in [5.74, 6) is 2.07. The van der Waals surface area contributed by atoms with Gasteiger partial charge in [0.05, 0.1) is 10.7 Å². The largest absolute Gasteiger partial charge is 0.487 e. The van der Waals surface area contributed by atoms with Crippen molar-refractivity contribution in [1.82, 2.24) is 15.0 Å². The standard InChI is InChI=1S/C22H26N8OS/c1-2-16-11-24-22(25-12-16)30-9-7-17(8-10-30)21-28-19(14-32-21)13-31-20-5-3-18(4-6-20)26-15-27-29-23/h3-6,11-12,14-15,17H,2,7-10,13H2,1H3,(H2,23,26,27). The quantitative estimate of drug-likeness (QED) is 0.209. The molecule has 2 aromatic heterocycles. The van der Waals surface area contributed by atoms with Crippen molar-refractivity contribution in [2.75, 3.05) is 23.3 Å². The van der Waals surface area contributed by atoms with Gasteiger partial charge in [0.25, 0.3) is 0 Å². The topological polar surface area (TPSA) is 112 Å². The van der Waals surface area contributed by atoms with Gasteiger partial charge in [0, 0.05) is 42.5 Å². The van der Waals surface area contributed by atoms with Gasteiger partial charge in [0.2, 0.25) is 5.95 Å². The van der Waals surface area contributed by atoms with Gasteiger partial charge in [-0.05, 0) is 49.1 Å². The highest BCUT2D eigenvalue weighted by Gasteiger charge is 2.24. The smallest absolute Gasteiger partial charge is 0.225 e. The van der Waals surface area contributed by atoms with E-state index < -0.39 is 0 Å². The average molecular weight is 451 g/mol. The van der Waals surface area contributed by atoms with Crippen LogP contribution in [0.1, 0.15) is 41.9 Å². The highest BCUT2D eigenvalue weighted by molar-refractivity contribution is 7.09.